The zero-order chi connectivity index (χ0) is 18.7. The average Bonchev–Trinajstić information content (AvgIpc) is 3.13. The maximum absolute atomic E-state index is 12.5. The van der Waals surface area contributed by atoms with Gasteiger partial charge in [-0.1, -0.05) is 55.8 Å². The van der Waals surface area contributed by atoms with Gasteiger partial charge in [0.1, 0.15) is 18.1 Å². The first-order valence-corrected chi connectivity index (χ1v) is 9.01. The van der Waals surface area contributed by atoms with E-state index in [1.807, 2.05) is 54.6 Å². The van der Waals surface area contributed by atoms with Crippen LogP contribution in [-0.4, -0.2) is 5.97 Å². The van der Waals surface area contributed by atoms with Crippen molar-refractivity contribution in [2.75, 3.05) is 0 Å². The smallest absolute Gasteiger partial charge is 0.310 e. The summed E-state index contributed by atoms with van der Waals surface area (Å²) in [5.41, 5.74) is 2.14. The molecule has 0 radical (unpaired) electrons. The Balaban J connectivity index is 1.59. The van der Waals surface area contributed by atoms with E-state index < -0.39 is 0 Å². The fourth-order valence-electron chi connectivity index (χ4n) is 3.37. The van der Waals surface area contributed by atoms with E-state index in [9.17, 15) is 4.79 Å². The third-order valence-corrected chi connectivity index (χ3v) is 4.94. The van der Waals surface area contributed by atoms with Crippen molar-refractivity contribution in [3.05, 3.63) is 71.8 Å². The van der Waals surface area contributed by atoms with Crippen molar-refractivity contribution in [3.8, 4) is 11.5 Å². The van der Waals surface area contributed by atoms with Gasteiger partial charge < -0.3 is 9.47 Å². The number of allylic oxidation sites excluding steroid dienone is 2. The van der Waals surface area contributed by atoms with Gasteiger partial charge in [0.15, 0.2) is 0 Å². The Labute approximate surface area is 155 Å². The van der Waals surface area contributed by atoms with Crippen LogP contribution in [0.3, 0.4) is 0 Å². The molecule has 0 amide bonds. The highest BCUT2D eigenvalue weighted by molar-refractivity contribution is 5.78. The minimum Gasteiger partial charge on any atom is -0.461 e. The number of rotatable bonds is 6. The van der Waals surface area contributed by atoms with Gasteiger partial charge in [0, 0.05) is 0 Å². The summed E-state index contributed by atoms with van der Waals surface area (Å²) in [5, 5.41) is 0. The fraction of sp³-hybridized carbons (Fsp3) is 0.348. The summed E-state index contributed by atoms with van der Waals surface area (Å²) in [7, 11) is 0. The lowest BCUT2D eigenvalue weighted by Gasteiger charge is -2.09. The molecular weight excluding hydrogens is 324 g/mol. The van der Waals surface area contributed by atoms with Crippen LogP contribution in [0, 0.1) is 17.3 Å². The fourth-order valence-corrected chi connectivity index (χ4v) is 3.37. The minimum absolute atomic E-state index is 0.0212. The van der Waals surface area contributed by atoms with Crippen LogP contribution in [0.5, 0.6) is 11.5 Å². The first kappa shape index (κ1) is 18.2. The summed E-state index contributed by atoms with van der Waals surface area (Å²) in [6.07, 6.45) is 2.18. The Morgan fingerprint density at radius 2 is 1.73 bits per heavy atom. The van der Waals surface area contributed by atoms with E-state index in [4.69, 9.17) is 9.47 Å². The number of carbonyl (C=O) groups is 1. The summed E-state index contributed by atoms with van der Waals surface area (Å²) in [5.74, 6) is 1.62. The van der Waals surface area contributed by atoms with Gasteiger partial charge in [-0.25, -0.2) is 0 Å². The topological polar surface area (TPSA) is 35.5 Å². The zero-order valence-electron chi connectivity index (χ0n) is 15.9. The van der Waals surface area contributed by atoms with Crippen molar-refractivity contribution >= 4 is 5.97 Å². The molecule has 1 saturated carbocycles. The van der Waals surface area contributed by atoms with Gasteiger partial charge in [0.05, 0.1) is 5.92 Å². The number of carbonyl (C=O) groups excluding carboxylic acids is 1. The predicted octanol–water partition coefficient (Wildman–Crippen LogP) is 5.76. The van der Waals surface area contributed by atoms with E-state index in [1.165, 1.54) is 5.57 Å². The second-order valence-corrected chi connectivity index (χ2v) is 7.74. The van der Waals surface area contributed by atoms with Crippen LogP contribution in [0.25, 0.3) is 0 Å². The van der Waals surface area contributed by atoms with Crippen LogP contribution < -0.4 is 4.74 Å². The number of esters is 1. The minimum atomic E-state index is -0.119. The molecule has 1 fully saturated rings. The Bertz CT molecular complexity index is 801. The van der Waals surface area contributed by atoms with E-state index in [0.717, 1.165) is 17.1 Å². The maximum atomic E-state index is 12.5. The van der Waals surface area contributed by atoms with E-state index >= 15 is 0 Å². The Morgan fingerprint density at radius 1 is 1.04 bits per heavy atom. The zero-order valence-corrected chi connectivity index (χ0v) is 15.9. The summed E-state index contributed by atoms with van der Waals surface area (Å²) in [4.78, 5) is 12.5. The van der Waals surface area contributed by atoms with Crippen LogP contribution in [0.2, 0.25) is 0 Å². The third kappa shape index (κ3) is 4.16. The first-order chi connectivity index (χ1) is 12.4. The molecule has 0 aliphatic heterocycles. The van der Waals surface area contributed by atoms with Crippen molar-refractivity contribution in [2.24, 2.45) is 17.3 Å². The molecule has 0 N–H and O–H groups in total. The molecule has 2 atom stereocenters. The molecule has 1 aliphatic rings. The highest BCUT2D eigenvalue weighted by Crippen LogP contribution is 2.59. The molecule has 2 aromatic carbocycles. The van der Waals surface area contributed by atoms with Gasteiger partial charge in [-0.3, -0.25) is 4.79 Å². The summed E-state index contributed by atoms with van der Waals surface area (Å²) in [6.45, 7) is 8.64. The van der Waals surface area contributed by atoms with Crippen LogP contribution >= 0.6 is 0 Å². The van der Waals surface area contributed by atoms with Crippen LogP contribution in [0.1, 0.15) is 33.3 Å². The first-order valence-electron chi connectivity index (χ1n) is 9.01. The normalized spacial score (nSPS) is 20.2. The predicted molar refractivity (Wildman–Crippen MR) is 103 cm³/mol. The molecule has 3 nitrogen and oxygen atoms in total. The van der Waals surface area contributed by atoms with E-state index in [0.29, 0.717) is 0 Å². The van der Waals surface area contributed by atoms with E-state index in [1.54, 1.807) is 0 Å². The largest absolute Gasteiger partial charge is 0.461 e. The monoisotopic (exact) mass is 350 g/mol. The lowest BCUT2D eigenvalue weighted by Crippen LogP contribution is -2.10. The highest BCUT2D eigenvalue weighted by Gasteiger charge is 2.61. The van der Waals surface area contributed by atoms with Crippen molar-refractivity contribution in [2.45, 2.75) is 34.3 Å². The van der Waals surface area contributed by atoms with Gasteiger partial charge in [0.2, 0.25) is 0 Å². The molecule has 26 heavy (non-hydrogen) atoms. The quantitative estimate of drug-likeness (QED) is 0.491. The molecule has 136 valence electrons. The molecule has 0 unspecified atom stereocenters. The summed E-state index contributed by atoms with van der Waals surface area (Å²) >= 11 is 0. The molecule has 2 aromatic rings. The molecule has 3 rings (SSSR count). The Hall–Kier alpha value is -2.55. The van der Waals surface area contributed by atoms with E-state index in [2.05, 4.69) is 33.8 Å². The number of ether oxygens (including phenoxy) is 2. The Morgan fingerprint density at radius 3 is 2.42 bits per heavy atom. The highest BCUT2D eigenvalue weighted by atomic mass is 16.5. The van der Waals surface area contributed by atoms with Gasteiger partial charge in [-0.2, -0.15) is 0 Å². The van der Waals surface area contributed by atoms with Crippen LogP contribution in [0.15, 0.2) is 66.2 Å². The SMILES string of the molecule is CC(C)=C[C@@H]1[C@H](C(=O)OCc2cccc(Oc3ccccc3)c2)C1(C)C. The number of hydrogen-bond acceptors (Lipinski definition) is 3. The number of para-hydroxylation sites is 1. The van der Waals surface area contributed by atoms with Crippen molar-refractivity contribution < 1.29 is 14.3 Å². The average molecular weight is 350 g/mol. The van der Waals surface area contributed by atoms with Gasteiger partial charge in [-0.05, 0) is 55.0 Å². The standard InChI is InChI=1S/C23H26O3/c1-16(2)13-20-21(23(20,3)4)22(24)25-15-17-9-8-12-19(14-17)26-18-10-6-5-7-11-18/h5-14,20-21H,15H2,1-4H3/t20-,21-/m1/s1. The lowest BCUT2D eigenvalue weighted by atomic mass is 10.1. The van der Waals surface area contributed by atoms with Crippen LogP contribution in [-0.2, 0) is 16.1 Å². The molecule has 0 bridgehead atoms. The number of benzene rings is 2. The van der Waals surface area contributed by atoms with E-state index in [-0.39, 0.29) is 29.8 Å². The number of hydrogen-bond donors (Lipinski definition) is 0. The van der Waals surface area contributed by atoms with Crippen molar-refractivity contribution in [1.82, 2.24) is 0 Å². The molecule has 1 aliphatic carbocycles. The lowest BCUT2D eigenvalue weighted by molar-refractivity contribution is -0.147. The molecule has 0 saturated heterocycles. The molecular formula is C23H26O3. The van der Waals surface area contributed by atoms with Gasteiger partial charge in [-0.15, -0.1) is 0 Å². The second-order valence-electron chi connectivity index (χ2n) is 7.74. The maximum Gasteiger partial charge on any atom is 0.310 e. The van der Waals surface area contributed by atoms with Crippen molar-refractivity contribution in [1.29, 1.82) is 0 Å². The van der Waals surface area contributed by atoms with Crippen LogP contribution in [0.4, 0.5) is 0 Å². The van der Waals surface area contributed by atoms with Gasteiger partial charge >= 0.3 is 5.97 Å². The molecule has 3 heteroatoms. The summed E-state index contributed by atoms with van der Waals surface area (Å²) in [6, 6.07) is 17.3. The second kappa shape index (κ2) is 7.36. The Kier molecular flexibility index (Phi) is 5.17. The molecule has 0 aromatic heterocycles. The molecule has 0 spiro atoms. The third-order valence-electron chi connectivity index (χ3n) is 4.94. The van der Waals surface area contributed by atoms with Gasteiger partial charge in [0.25, 0.3) is 0 Å². The van der Waals surface area contributed by atoms with Crippen molar-refractivity contribution in [3.63, 3.8) is 0 Å². The molecule has 0 heterocycles. The summed E-state index contributed by atoms with van der Waals surface area (Å²) < 4.78 is 11.4.